The van der Waals surface area contributed by atoms with Crippen LogP contribution in [0.15, 0.2) is 54.7 Å². The molecule has 1 amide bonds. The fourth-order valence-corrected chi connectivity index (χ4v) is 5.25. The Morgan fingerprint density at radius 2 is 1.74 bits per heavy atom. The number of nitrogens with zero attached hydrogens (tertiary/aromatic N) is 1. The van der Waals surface area contributed by atoms with Crippen LogP contribution >= 0.6 is 0 Å². The van der Waals surface area contributed by atoms with Crippen LogP contribution in [0.5, 0.6) is 0 Å². The summed E-state index contributed by atoms with van der Waals surface area (Å²) in [5.41, 5.74) is 2.91. The number of allylic oxidation sites excluding steroid dienone is 6. The van der Waals surface area contributed by atoms with E-state index in [4.69, 9.17) is 0 Å². The lowest BCUT2D eigenvalue weighted by Gasteiger charge is -2.39. The summed E-state index contributed by atoms with van der Waals surface area (Å²) in [6, 6.07) is 6.70. The van der Waals surface area contributed by atoms with Gasteiger partial charge in [-0.1, -0.05) is 91.3 Å². The predicted octanol–water partition coefficient (Wildman–Crippen LogP) is 9.67. The Balaban J connectivity index is 0.00000821. The van der Waals surface area contributed by atoms with E-state index in [1.807, 2.05) is 40.0 Å². The predicted molar refractivity (Wildman–Crippen MR) is 184 cm³/mol. The van der Waals surface area contributed by atoms with Crippen molar-refractivity contribution in [3.8, 4) is 0 Å². The van der Waals surface area contributed by atoms with Crippen molar-refractivity contribution in [2.75, 3.05) is 26.0 Å². The summed E-state index contributed by atoms with van der Waals surface area (Å²) < 4.78 is 13.6. The average molecular weight is 586 g/mol. The summed E-state index contributed by atoms with van der Waals surface area (Å²) in [4.78, 5) is 16.1. The van der Waals surface area contributed by atoms with E-state index in [1.54, 1.807) is 18.2 Å². The lowest BCUT2D eigenvalue weighted by atomic mass is 9.72. The van der Waals surface area contributed by atoms with Gasteiger partial charge in [-0.05, 0) is 101 Å². The number of amides is 1. The Morgan fingerprint density at radius 1 is 1.07 bits per heavy atom. The molecule has 0 aromatic heterocycles. The molecule has 0 heterocycles. The molecule has 4 atom stereocenters. The smallest absolute Gasteiger partial charge is 0.226 e. The maximum absolute atomic E-state index is 13.6. The molecule has 42 heavy (non-hydrogen) atoms. The molecular weight excluding hydrogens is 521 g/mol. The van der Waals surface area contributed by atoms with Gasteiger partial charge >= 0.3 is 0 Å². The largest absolute Gasteiger partial charge is 0.388 e. The Kier molecular flexibility index (Phi) is 20.9. The Hall–Kier alpha value is -2.40. The third kappa shape index (κ3) is 14.7. The van der Waals surface area contributed by atoms with Gasteiger partial charge in [0.15, 0.2) is 0 Å². The Labute approximate surface area is 259 Å². The van der Waals surface area contributed by atoms with Gasteiger partial charge in [0.05, 0.1) is 5.41 Å². The number of anilines is 1. The highest BCUT2D eigenvalue weighted by Crippen LogP contribution is 2.35. The molecule has 0 aliphatic carbocycles. The van der Waals surface area contributed by atoms with Crippen LogP contribution in [0.4, 0.5) is 10.1 Å². The average Bonchev–Trinajstić information content (AvgIpc) is 2.97. The first-order valence-electron chi connectivity index (χ1n) is 16.4. The first-order chi connectivity index (χ1) is 20.0. The van der Waals surface area contributed by atoms with E-state index in [0.717, 1.165) is 56.3 Å². The normalized spacial score (nSPS) is 15.6. The summed E-state index contributed by atoms with van der Waals surface area (Å²) in [5, 5.41) is 6.47. The molecule has 4 nitrogen and oxygen atoms in total. The zero-order valence-electron chi connectivity index (χ0n) is 28.9. The summed E-state index contributed by atoms with van der Waals surface area (Å²) in [6.07, 6.45) is 16.1. The lowest BCUT2D eigenvalue weighted by Crippen LogP contribution is -2.47. The maximum Gasteiger partial charge on any atom is 0.226 e. The van der Waals surface area contributed by atoms with E-state index in [9.17, 15) is 9.18 Å². The maximum atomic E-state index is 13.6. The van der Waals surface area contributed by atoms with E-state index in [-0.39, 0.29) is 11.8 Å². The van der Waals surface area contributed by atoms with Gasteiger partial charge in [0.25, 0.3) is 0 Å². The van der Waals surface area contributed by atoms with E-state index in [1.165, 1.54) is 5.56 Å². The second-order valence-corrected chi connectivity index (χ2v) is 11.9. The molecule has 0 radical (unpaired) electrons. The molecule has 0 saturated heterocycles. The number of hydrogen-bond acceptors (Lipinski definition) is 3. The van der Waals surface area contributed by atoms with Crippen molar-refractivity contribution in [2.24, 2.45) is 17.3 Å². The first-order valence-corrected chi connectivity index (χ1v) is 16.4. The number of benzene rings is 1. The number of carbonyl (C=O) groups excluding carboxylic acids is 1. The van der Waals surface area contributed by atoms with Crippen LogP contribution in [0.2, 0.25) is 0 Å². The summed E-state index contributed by atoms with van der Waals surface area (Å²) in [6.45, 7) is 20.4. The molecule has 4 unspecified atom stereocenters. The van der Waals surface area contributed by atoms with E-state index in [2.05, 4.69) is 88.4 Å². The summed E-state index contributed by atoms with van der Waals surface area (Å²) in [5.74, 6) is 0.850. The number of nitrogens with one attached hydrogen (secondary N) is 2. The minimum Gasteiger partial charge on any atom is -0.388 e. The molecule has 5 heteroatoms. The summed E-state index contributed by atoms with van der Waals surface area (Å²) >= 11 is 0. The number of rotatable bonds is 19. The van der Waals surface area contributed by atoms with E-state index < -0.39 is 11.6 Å². The lowest BCUT2D eigenvalue weighted by molar-refractivity contribution is -0.134. The molecule has 0 saturated carbocycles. The van der Waals surface area contributed by atoms with Gasteiger partial charge < -0.3 is 15.5 Å². The second-order valence-electron chi connectivity index (χ2n) is 11.9. The monoisotopic (exact) mass is 586 g/mol. The van der Waals surface area contributed by atoms with Crippen LogP contribution in [0.3, 0.4) is 0 Å². The molecule has 0 spiro atoms. The van der Waals surface area contributed by atoms with Crippen LogP contribution in [0, 0.1) is 24.2 Å². The molecule has 0 fully saturated rings. The first kappa shape index (κ1) is 39.6. The standard InChI is InChI=1S/C35H58FN3O.C2H6/c1-10-16-31(36)20-14-13-18-29(12-3)19-15-21-39(9)33(17-11-2)25-35(7,27(4)5)34(40)38-26-30-22-28(6)23-32(24-30)37-8;1-2/h10,13-14,16,18,20,22-24,27,29,31,33,37H,11-12,15,17,19,21,25-26H2,1-9H3,(H,38,40);1-2H3/b16-10-,18-13+,20-14?;. The van der Waals surface area contributed by atoms with Crippen molar-refractivity contribution in [1.82, 2.24) is 10.2 Å². The van der Waals surface area contributed by atoms with Crippen LogP contribution < -0.4 is 10.6 Å². The van der Waals surface area contributed by atoms with Gasteiger partial charge in [-0.3, -0.25) is 4.79 Å². The molecule has 1 aromatic carbocycles. The molecule has 0 aliphatic rings. The van der Waals surface area contributed by atoms with Crippen molar-refractivity contribution >= 4 is 11.6 Å². The minimum absolute atomic E-state index is 0.138. The van der Waals surface area contributed by atoms with Crippen molar-refractivity contribution in [2.45, 2.75) is 120 Å². The topological polar surface area (TPSA) is 44.4 Å². The molecule has 2 N–H and O–H groups in total. The van der Waals surface area contributed by atoms with Gasteiger partial charge in [-0.2, -0.15) is 0 Å². The Bertz CT molecular complexity index is 954. The van der Waals surface area contributed by atoms with E-state index in [0.29, 0.717) is 18.5 Å². The van der Waals surface area contributed by atoms with Crippen LogP contribution in [-0.2, 0) is 11.3 Å². The molecule has 0 bridgehead atoms. The number of aryl methyl sites for hydroxylation is 1. The van der Waals surface area contributed by atoms with Crippen molar-refractivity contribution in [3.05, 3.63) is 65.8 Å². The fourth-order valence-electron chi connectivity index (χ4n) is 5.25. The van der Waals surface area contributed by atoms with Crippen LogP contribution in [0.25, 0.3) is 0 Å². The quantitative estimate of drug-likeness (QED) is 0.125. The third-order valence-electron chi connectivity index (χ3n) is 8.35. The van der Waals surface area contributed by atoms with Crippen LogP contribution in [0.1, 0.15) is 105 Å². The SMILES string of the molecule is C/C=C\C(F)C=C/C=C/C(CC)CCCN(C)C(CCC)CC(C)(C(=O)NCc1cc(C)cc(NC)c1)C(C)C.CC. The highest BCUT2D eigenvalue weighted by molar-refractivity contribution is 5.82. The molecule has 1 aromatic rings. The minimum atomic E-state index is -1.02. The van der Waals surface area contributed by atoms with Gasteiger partial charge in [0.2, 0.25) is 5.91 Å². The van der Waals surface area contributed by atoms with Crippen molar-refractivity contribution in [3.63, 3.8) is 0 Å². The van der Waals surface area contributed by atoms with E-state index >= 15 is 0 Å². The van der Waals surface area contributed by atoms with Gasteiger partial charge in [0.1, 0.15) is 6.17 Å². The van der Waals surface area contributed by atoms with Gasteiger partial charge in [-0.25, -0.2) is 4.39 Å². The number of hydrogen-bond donors (Lipinski definition) is 2. The molecule has 1 rings (SSSR count). The number of halogens is 1. The van der Waals surface area contributed by atoms with Gasteiger partial charge in [-0.15, -0.1) is 0 Å². The zero-order chi connectivity index (χ0) is 32.1. The molecule has 0 aliphatic heterocycles. The number of alkyl halides is 1. The molecule has 240 valence electrons. The zero-order valence-corrected chi connectivity index (χ0v) is 28.9. The van der Waals surface area contributed by atoms with Crippen LogP contribution in [-0.4, -0.2) is 43.7 Å². The van der Waals surface area contributed by atoms with Crippen molar-refractivity contribution in [1.29, 1.82) is 0 Å². The number of carbonyl (C=O) groups is 1. The highest BCUT2D eigenvalue weighted by atomic mass is 19.1. The molecular formula is C37H64FN3O. The third-order valence-corrected chi connectivity index (χ3v) is 8.35. The Morgan fingerprint density at radius 3 is 2.31 bits per heavy atom. The summed E-state index contributed by atoms with van der Waals surface area (Å²) in [7, 11) is 4.14. The van der Waals surface area contributed by atoms with Crippen molar-refractivity contribution < 1.29 is 9.18 Å². The fraction of sp³-hybridized carbons (Fsp3) is 0.649. The highest BCUT2D eigenvalue weighted by Gasteiger charge is 2.39. The van der Waals surface area contributed by atoms with Gasteiger partial charge in [0, 0.05) is 25.3 Å². The second kappa shape index (κ2) is 22.2.